The summed E-state index contributed by atoms with van der Waals surface area (Å²) in [5, 5.41) is 5.32. The molecular weight excluding hydrogens is 218 g/mol. The van der Waals surface area contributed by atoms with E-state index in [0.29, 0.717) is 6.54 Å². The van der Waals surface area contributed by atoms with Crippen LogP contribution in [-0.2, 0) is 4.74 Å². The van der Waals surface area contributed by atoms with Crippen LogP contribution in [-0.4, -0.2) is 35.5 Å². The van der Waals surface area contributed by atoms with Crippen molar-refractivity contribution in [2.45, 2.75) is 33.3 Å². The zero-order valence-electron chi connectivity index (χ0n) is 9.71. The van der Waals surface area contributed by atoms with Gasteiger partial charge in [0.15, 0.2) is 0 Å². The Bertz CT molecular complexity index is 226. The SMILES string of the molecule is CCN(CC(N)=[NH2+])C(=O)OC(C)(C)C.[Cl-]. The molecule has 0 aromatic carbocycles. The fourth-order valence-electron chi connectivity index (χ4n) is 0.852. The number of likely N-dealkylation sites (N-methyl/N-ethyl adjacent to an activating group) is 1. The Morgan fingerprint density at radius 3 is 2.20 bits per heavy atom. The third-order valence-corrected chi connectivity index (χ3v) is 1.41. The van der Waals surface area contributed by atoms with E-state index in [2.05, 4.69) is 0 Å². The topological polar surface area (TPSA) is 81.1 Å². The smallest absolute Gasteiger partial charge is 0.410 e. The molecule has 0 unspecified atom stereocenters. The average molecular weight is 238 g/mol. The lowest BCUT2D eigenvalue weighted by molar-refractivity contribution is -0.119. The number of amides is 1. The summed E-state index contributed by atoms with van der Waals surface area (Å²) in [5.41, 5.74) is 4.82. The van der Waals surface area contributed by atoms with E-state index in [1.165, 1.54) is 4.90 Å². The van der Waals surface area contributed by atoms with Crippen LogP contribution in [0.25, 0.3) is 0 Å². The molecule has 15 heavy (non-hydrogen) atoms. The molecule has 0 atom stereocenters. The minimum Gasteiger partial charge on any atom is -1.00 e. The fourth-order valence-corrected chi connectivity index (χ4v) is 0.852. The second kappa shape index (κ2) is 6.50. The van der Waals surface area contributed by atoms with Crippen molar-refractivity contribution >= 4 is 11.9 Å². The van der Waals surface area contributed by atoms with Gasteiger partial charge in [0.25, 0.3) is 5.84 Å². The summed E-state index contributed by atoms with van der Waals surface area (Å²) in [5.74, 6) is 0.206. The lowest BCUT2D eigenvalue weighted by Gasteiger charge is -2.25. The van der Waals surface area contributed by atoms with Crippen molar-refractivity contribution in [3.05, 3.63) is 0 Å². The van der Waals surface area contributed by atoms with Gasteiger partial charge in [0, 0.05) is 6.54 Å². The molecule has 0 aliphatic rings. The first kappa shape index (κ1) is 16.5. The van der Waals surface area contributed by atoms with Crippen molar-refractivity contribution in [2.24, 2.45) is 5.73 Å². The molecular formula is C9H20ClN3O2. The molecule has 0 bridgehead atoms. The van der Waals surface area contributed by atoms with Gasteiger partial charge in [0.05, 0.1) is 0 Å². The van der Waals surface area contributed by atoms with Crippen molar-refractivity contribution in [3.8, 4) is 0 Å². The van der Waals surface area contributed by atoms with Gasteiger partial charge >= 0.3 is 6.09 Å². The van der Waals surface area contributed by atoms with Crippen LogP contribution in [0, 0.1) is 0 Å². The van der Waals surface area contributed by atoms with Crippen LogP contribution in [0.5, 0.6) is 0 Å². The first-order valence-corrected chi connectivity index (χ1v) is 4.61. The van der Waals surface area contributed by atoms with Crippen molar-refractivity contribution in [2.75, 3.05) is 13.1 Å². The summed E-state index contributed by atoms with van der Waals surface area (Å²) in [6.45, 7) is 8.03. The second-order valence-electron chi connectivity index (χ2n) is 4.07. The lowest BCUT2D eigenvalue weighted by atomic mass is 10.2. The molecule has 0 fully saturated rings. The summed E-state index contributed by atoms with van der Waals surface area (Å²) < 4.78 is 5.15. The Hall–Kier alpha value is -0.970. The van der Waals surface area contributed by atoms with Crippen molar-refractivity contribution in [1.82, 2.24) is 4.90 Å². The lowest BCUT2D eigenvalue weighted by Crippen LogP contribution is -3.00. The molecule has 0 saturated heterocycles. The summed E-state index contributed by atoms with van der Waals surface area (Å²) in [6.07, 6.45) is -0.395. The van der Waals surface area contributed by atoms with Crippen LogP contribution in [0.15, 0.2) is 0 Å². The molecule has 0 aliphatic carbocycles. The molecule has 1 amide bonds. The summed E-state index contributed by atoms with van der Waals surface area (Å²) in [6, 6.07) is 0. The number of rotatable bonds is 3. The number of nitrogens with two attached hydrogens (primary N) is 2. The molecule has 4 N–H and O–H groups in total. The third-order valence-electron chi connectivity index (χ3n) is 1.41. The summed E-state index contributed by atoms with van der Waals surface area (Å²) >= 11 is 0. The monoisotopic (exact) mass is 237 g/mol. The van der Waals surface area contributed by atoms with Gasteiger partial charge in [-0.3, -0.25) is 16.0 Å². The van der Waals surface area contributed by atoms with Crippen molar-refractivity contribution < 1.29 is 27.3 Å². The Labute approximate surface area is 96.9 Å². The van der Waals surface area contributed by atoms with Crippen LogP contribution in [0.4, 0.5) is 4.79 Å². The van der Waals surface area contributed by atoms with E-state index in [9.17, 15) is 4.79 Å². The van der Waals surface area contributed by atoms with Crippen LogP contribution in [0.2, 0.25) is 0 Å². The van der Waals surface area contributed by atoms with Gasteiger partial charge in [-0.05, 0) is 27.7 Å². The van der Waals surface area contributed by atoms with Crippen LogP contribution in [0.1, 0.15) is 27.7 Å². The first-order valence-electron chi connectivity index (χ1n) is 4.61. The Morgan fingerprint density at radius 1 is 1.47 bits per heavy atom. The highest BCUT2D eigenvalue weighted by molar-refractivity contribution is 5.80. The minimum atomic E-state index is -0.492. The van der Waals surface area contributed by atoms with E-state index in [1.54, 1.807) is 0 Å². The van der Waals surface area contributed by atoms with Gasteiger partial charge in [0.1, 0.15) is 12.1 Å². The van der Waals surface area contributed by atoms with Gasteiger partial charge in [-0.1, -0.05) is 0 Å². The number of nitrogens with zero attached hydrogens (tertiary/aromatic N) is 1. The molecule has 6 heteroatoms. The van der Waals surface area contributed by atoms with Crippen molar-refractivity contribution in [3.63, 3.8) is 0 Å². The number of carbonyl (C=O) groups is 1. The molecule has 0 aromatic rings. The molecule has 5 nitrogen and oxygen atoms in total. The van der Waals surface area contributed by atoms with Crippen molar-refractivity contribution in [1.29, 1.82) is 0 Å². The third kappa shape index (κ3) is 8.05. The highest BCUT2D eigenvalue weighted by Crippen LogP contribution is 2.09. The molecule has 0 rings (SSSR count). The molecule has 90 valence electrons. The van der Waals surface area contributed by atoms with Crippen LogP contribution in [0.3, 0.4) is 0 Å². The fraction of sp³-hybridized carbons (Fsp3) is 0.778. The van der Waals surface area contributed by atoms with Gasteiger partial charge in [-0.25, -0.2) is 4.79 Å². The number of ether oxygens (including phenoxy) is 1. The van der Waals surface area contributed by atoms with Crippen LogP contribution < -0.4 is 23.5 Å². The van der Waals surface area contributed by atoms with E-state index in [4.69, 9.17) is 15.9 Å². The zero-order chi connectivity index (χ0) is 11.4. The Kier molecular flexibility index (Phi) is 7.13. The number of amidine groups is 1. The van der Waals surface area contributed by atoms with Crippen LogP contribution >= 0.6 is 0 Å². The van der Waals surface area contributed by atoms with Gasteiger partial charge in [0.2, 0.25) is 0 Å². The predicted octanol–water partition coefficient (Wildman–Crippen LogP) is -3.64. The van der Waals surface area contributed by atoms with Gasteiger partial charge < -0.3 is 17.1 Å². The zero-order valence-corrected chi connectivity index (χ0v) is 10.5. The quantitative estimate of drug-likeness (QED) is 0.393. The first-order chi connectivity index (χ1) is 6.26. The second-order valence-corrected chi connectivity index (χ2v) is 4.07. The maximum absolute atomic E-state index is 11.5. The molecule has 0 saturated carbocycles. The molecule has 0 radical (unpaired) electrons. The predicted molar refractivity (Wildman–Crippen MR) is 54.6 cm³/mol. The normalized spacial score (nSPS) is 10.1. The maximum atomic E-state index is 11.5. The summed E-state index contributed by atoms with van der Waals surface area (Å²) in [7, 11) is 0. The highest BCUT2D eigenvalue weighted by Gasteiger charge is 2.22. The summed E-state index contributed by atoms with van der Waals surface area (Å²) in [4.78, 5) is 12.9. The van der Waals surface area contributed by atoms with E-state index in [1.807, 2.05) is 27.7 Å². The Balaban J connectivity index is 0. The van der Waals surface area contributed by atoms with Gasteiger partial charge in [-0.15, -0.1) is 0 Å². The molecule has 0 aliphatic heterocycles. The van der Waals surface area contributed by atoms with E-state index in [-0.39, 0.29) is 24.8 Å². The standard InChI is InChI=1S/C9H19N3O2.ClH/c1-5-12(6-7(10)11)8(13)14-9(2,3)4;/h5-6H2,1-4H3,(H3,10,11);1H. The van der Waals surface area contributed by atoms with E-state index in [0.717, 1.165) is 0 Å². The minimum absolute atomic E-state index is 0. The largest absolute Gasteiger partial charge is 1.00 e. The number of hydrogen-bond donors (Lipinski definition) is 2. The number of hydrogen-bond acceptors (Lipinski definition) is 2. The van der Waals surface area contributed by atoms with E-state index < -0.39 is 11.7 Å². The molecule has 0 spiro atoms. The molecule has 0 heterocycles. The average Bonchev–Trinajstić information content (AvgIpc) is 1.96. The molecule has 0 aromatic heterocycles. The number of carbonyl (C=O) groups excluding carboxylic acids is 1. The Morgan fingerprint density at radius 2 is 1.93 bits per heavy atom. The highest BCUT2D eigenvalue weighted by atomic mass is 35.5. The van der Waals surface area contributed by atoms with Gasteiger partial charge in [-0.2, -0.15) is 0 Å². The maximum Gasteiger partial charge on any atom is 0.410 e. The van der Waals surface area contributed by atoms with E-state index >= 15 is 0 Å². The number of halogens is 1.